The molecule has 0 aliphatic rings. The molecule has 0 aliphatic carbocycles. The third-order valence-corrected chi connectivity index (χ3v) is 3.09. The molecule has 0 fully saturated rings. The summed E-state index contributed by atoms with van der Waals surface area (Å²) in [6.07, 6.45) is 4.62. The van der Waals surface area contributed by atoms with Crippen LogP contribution in [0.4, 0.5) is 0 Å². The average molecular weight is 258 g/mol. The van der Waals surface area contributed by atoms with Crippen LogP contribution in [0.5, 0.6) is 0 Å². The first-order valence-electron chi connectivity index (χ1n) is 6.52. The molecule has 0 spiro atoms. The summed E-state index contributed by atoms with van der Waals surface area (Å²) >= 11 is 0. The van der Waals surface area contributed by atoms with Crippen molar-refractivity contribution >= 4 is 5.78 Å². The Morgan fingerprint density at radius 3 is 2.79 bits per heavy atom. The fraction of sp³-hybridized carbons (Fsp3) is 0.429. The van der Waals surface area contributed by atoms with Gasteiger partial charge in [0.05, 0.1) is 17.8 Å². The molecular weight excluding hydrogens is 240 g/mol. The van der Waals surface area contributed by atoms with Gasteiger partial charge in [-0.1, -0.05) is 6.92 Å². The highest BCUT2D eigenvalue weighted by atomic mass is 16.1. The van der Waals surface area contributed by atoms with Gasteiger partial charge in [0.2, 0.25) is 0 Å². The molecule has 0 aromatic carbocycles. The molecule has 0 saturated heterocycles. The van der Waals surface area contributed by atoms with E-state index in [0.29, 0.717) is 18.4 Å². The number of hydrogen-bond acceptors (Lipinski definition) is 4. The van der Waals surface area contributed by atoms with E-state index in [4.69, 9.17) is 0 Å². The molecule has 2 heterocycles. The van der Waals surface area contributed by atoms with Crippen LogP contribution in [0.1, 0.15) is 41.4 Å². The Hall–Kier alpha value is -2.04. The van der Waals surface area contributed by atoms with Crippen LogP contribution in [-0.2, 0) is 19.4 Å². The van der Waals surface area contributed by atoms with E-state index in [1.54, 1.807) is 6.20 Å². The predicted octanol–water partition coefficient (Wildman–Crippen LogP) is 1.99. The highest BCUT2D eigenvalue weighted by Crippen LogP contribution is 2.11. The maximum absolute atomic E-state index is 12.4. The minimum absolute atomic E-state index is 0.0516. The Kier molecular flexibility index (Phi) is 4.04. The number of hydrogen-bond donors (Lipinski definition) is 0. The van der Waals surface area contributed by atoms with Crippen LogP contribution in [0.3, 0.4) is 0 Å². The van der Waals surface area contributed by atoms with Gasteiger partial charge in [-0.15, -0.1) is 0 Å². The van der Waals surface area contributed by atoms with E-state index in [2.05, 4.69) is 15.2 Å². The molecule has 2 rings (SSSR count). The fourth-order valence-electron chi connectivity index (χ4n) is 2.05. The number of imidazole rings is 1. The lowest BCUT2D eigenvalue weighted by Gasteiger charge is -2.07. The van der Waals surface area contributed by atoms with Crippen molar-refractivity contribution in [3.05, 3.63) is 41.2 Å². The molecule has 0 saturated carbocycles. The number of ketones is 1. The molecule has 0 bridgehead atoms. The Morgan fingerprint density at radius 2 is 2.11 bits per heavy atom. The zero-order valence-corrected chi connectivity index (χ0v) is 11.6. The quantitative estimate of drug-likeness (QED) is 0.769. The van der Waals surface area contributed by atoms with Crippen LogP contribution < -0.4 is 0 Å². The molecule has 5 heteroatoms. The largest absolute Gasteiger partial charge is 0.335 e. The smallest absolute Gasteiger partial charge is 0.172 e. The molecule has 0 atom stereocenters. The molecule has 0 radical (unpaired) electrons. The third kappa shape index (κ3) is 2.86. The molecule has 19 heavy (non-hydrogen) atoms. The van der Waals surface area contributed by atoms with Crippen molar-refractivity contribution in [1.82, 2.24) is 19.7 Å². The lowest BCUT2D eigenvalue weighted by molar-refractivity contribution is 0.0988. The van der Waals surface area contributed by atoms with E-state index >= 15 is 0 Å². The van der Waals surface area contributed by atoms with E-state index in [1.165, 1.54) is 0 Å². The van der Waals surface area contributed by atoms with E-state index in [0.717, 1.165) is 23.8 Å². The number of Topliss-reactive ketones (excluding diaryl/α,β-unsaturated/α-hetero) is 1. The van der Waals surface area contributed by atoms with E-state index in [1.807, 2.05) is 37.6 Å². The zero-order chi connectivity index (χ0) is 13.8. The van der Waals surface area contributed by atoms with Crippen LogP contribution in [0.15, 0.2) is 18.5 Å². The van der Waals surface area contributed by atoms with E-state index in [9.17, 15) is 4.79 Å². The predicted molar refractivity (Wildman–Crippen MR) is 72.1 cm³/mol. The summed E-state index contributed by atoms with van der Waals surface area (Å²) < 4.78 is 1.98. The van der Waals surface area contributed by atoms with E-state index < -0.39 is 0 Å². The normalized spacial score (nSPS) is 10.7. The number of nitrogens with zero attached hydrogens (tertiary/aromatic N) is 4. The Labute approximate surface area is 112 Å². The molecular formula is C14H18N4O. The van der Waals surface area contributed by atoms with Crippen molar-refractivity contribution in [2.45, 2.75) is 40.2 Å². The van der Waals surface area contributed by atoms with Crippen molar-refractivity contribution in [1.29, 1.82) is 0 Å². The summed E-state index contributed by atoms with van der Waals surface area (Å²) in [7, 11) is 0. The Bertz CT molecular complexity index is 589. The van der Waals surface area contributed by atoms with Gasteiger partial charge in [-0.3, -0.25) is 4.79 Å². The van der Waals surface area contributed by atoms with Gasteiger partial charge < -0.3 is 4.57 Å². The highest BCUT2D eigenvalue weighted by molar-refractivity contribution is 5.98. The summed E-state index contributed by atoms with van der Waals surface area (Å²) in [5, 5.41) is 8.09. The molecule has 0 aliphatic heterocycles. The molecule has 100 valence electrons. The molecule has 2 aromatic heterocycles. The fourth-order valence-corrected chi connectivity index (χ4v) is 2.05. The average Bonchev–Trinajstić information content (AvgIpc) is 2.85. The number of carbonyl (C=O) groups is 1. The van der Waals surface area contributed by atoms with Gasteiger partial charge >= 0.3 is 0 Å². The SMILES string of the molecule is CCc1nnc(C)cc1C(=O)Cc1nccn1CC. The lowest BCUT2D eigenvalue weighted by Crippen LogP contribution is -2.13. The molecule has 0 N–H and O–H groups in total. The number of rotatable bonds is 5. The topological polar surface area (TPSA) is 60.7 Å². The Morgan fingerprint density at radius 1 is 1.32 bits per heavy atom. The second-order valence-corrected chi connectivity index (χ2v) is 4.43. The van der Waals surface area contributed by atoms with Gasteiger partial charge in [0, 0.05) is 24.5 Å². The Balaban J connectivity index is 2.27. The second kappa shape index (κ2) is 5.73. The van der Waals surface area contributed by atoms with Crippen molar-refractivity contribution in [2.24, 2.45) is 0 Å². The number of aryl methyl sites for hydroxylation is 3. The second-order valence-electron chi connectivity index (χ2n) is 4.43. The summed E-state index contributed by atoms with van der Waals surface area (Å²) in [5.74, 6) is 0.847. The van der Waals surface area contributed by atoms with Crippen molar-refractivity contribution in [3.8, 4) is 0 Å². The van der Waals surface area contributed by atoms with Crippen molar-refractivity contribution < 1.29 is 4.79 Å². The zero-order valence-electron chi connectivity index (χ0n) is 11.6. The summed E-state index contributed by atoms with van der Waals surface area (Å²) in [4.78, 5) is 16.6. The lowest BCUT2D eigenvalue weighted by atomic mass is 10.0. The molecule has 0 unspecified atom stereocenters. The monoisotopic (exact) mass is 258 g/mol. The van der Waals surface area contributed by atoms with E-state index in [-0.39, 0.29) is 5.78 Å². The maximum atomic E-state index is 12.4. The van der Waals surface area contributed by atoms with Gasteiger partial charge in [0.1, 0.15) is 5.82 Å². The first-order chi connectivity index (χ1) is 9.15. The van der Waals surface area contributed by atoms with Gasteiger partial charge in [-0.05, 0) is 26.3 Å². The van der Waals surface area contributed by atoms with Crippen molar-refractivity contribution in [3.63, 3.8) is 0 Å². The standard InChI is InChI=1S/C14H18N4O/c1-4-12-11(8-10(3)16-17-12)13(19)9-14-15-6-7-18(14)5-2/h6-8H,4-5,9H2,1-3H3. The number of aromatic nitrogens is 4. The minimum Gasteiger partial charge on any atom is -0.335 e. The van der Waals surface area contributed by atoms with Gasteiger partial charge in [0.25, 0.3) is 0 Å². The third-order valence-electron chi connectivity index (χ3n) is 3.09. The molecule has 5 nitrogen and oxygen atoms in total. The number of carbonyl (C=O) groups excluding carboxylic acids is 1. The van der Waals surface area contributed by atoms with Crippen molar-refractivity contribution in [2.75, 3.05) is 0 Å². The first-order valence-corrected chi connectivity index (χ1v) is 6.52. The van der Waals surface area contributed by atoms with Gasteiger partial charge in [-0.2, -0.15) is 10.2 Å². The molecule has 0 amide bonds. The minimum atomic E-state index is 0.0516. The van der Waals surface area contributed by atoms with Crippen LogP contribution >= 0.6 is 0 Å². The van der Waals surface area contributed by atoms with Crippen LogP contribution in [0.2, 0.25) is 0 Å². The van der Waals surface area contributed by atoms with Crippen LogP contribution in [0, 0.1) is 6.92 Å². The first kappa shape index (κ1) is 13.4. The highest BCUT2D eigenvalue weighted by Gasteiger charge is 2.15. The van der Waals surface area contributed by atoms with Gasteiger partial charge in [-0.25, -0.2) is 4.98 Å². The van der Waals surface area contributed by atoms with Crippen LogP contribution in [0.25, 0.3) is 0 Å². The van der Waals surface area contributed by atoms with Crippen LogP contribution in [-0.4, -0.2) is 25.5 Å². The van der Waals surface area contributed by atoms with Gasteiger partial charge in [0.15, 0.2) is 5.78 Å². The summed E-state index contributed by atoms with van der Waals surface area (Å²) in [6, 6.07) is 1.81. The molecule has 2 aromatic rings. The summed E-state index contributed by atoms with van der Waals surface area (Å²) in [5.41, 5.74) is 2.19. The summed E-state index contributed by atoms with van der Waals surface area (Å²) in [6.45, 7) is 6.67. The maximum Gasteiger partial charge on any atom is 0.172 e.